The van der Waals surface area contributed by atoms with Crippen LogP contribution in [0.2, 0.25) is 0 Å². The summed E-state index contributed by atoms with van der Waals surface area (Å²) < 4.78 is 0. The largest absolute Gasteiger partial charge is 0.384 e. The van der Waals surface area contributed by atoms with Gasteiger partial charge in [0, 0.05) is 25.4 Å². The molecule has 0 spiro atoms. The van der Waals surface area contributed by atoms with E-state index in [1.165, 1.54) is 12.3 Å². The van der Waals surface area contributed by atoms with E-state index in [4.69, 9.17) is 5.73 Å². The number of pyridine rings is 1. The normalized spacial score (nSPS) is 10.8. The number of rotatable bonds is 4. The van der Waals surface area contributed by atoms with E-state index in [2.05, 4.69) is 15.6 Å². The van der Waals surface area contributed by atoms with Gasteiger partial charge in [0.25, 0.3) is 5.91 Å². The molecule has 2 amide bonds. The summed E-state index contributed by atoms with van der Waals surface area (Å²) in [4.78, 5) is 27.2. The van der Waals surface area contributed by atoms with Crippen molar-refractivity contribution in [3.63, 3.8) is 0 Å². The number of nitrogens with one attached hydrogen (secondary N) is 2. The Morgan fingerprint density at radius 1 is 1.44 bits per heavy atom. The zero-order chi connectivity index (χ0) is 13.8. The molecule has 1 heterocycles. The average Bonchev–Trinajstić information content (AvgIpc) is 2.35. The molecule has 0 aliphatic carbocycles. The van der Waals surface area contributed by atoms with Crippen LogP contribution < -0.4 is 16.4 Å². The summed E-state index contributed by atoms with van der Waals surface area (Å²) >= 11 is 0. The molecule has 0 aliphatic heterocycles. The maximum Gasteiger partial charge on any atom is 0.251 e. The Bertz CT molecular complexity index is 457. The molecule has 0 radical (unpaired) electrons. The second kappa shape index (κ2) is 5.48. The summed E-state index contributed by atoms with van der Waals surface area (Å²) in [5.41, 5.74) is 5.26. The smallest absolute Gasteiger partial charge is 0.251 e. The molecule has 98 valence electrons. The highest BCUT2D eigenvalue weighted by atomic mass is 16.2. The van der Waals surface area contributed by atoms with Gasteiger partial charge < -0.3 is 16.4 Å². The van der Waals surface area contributed by atoms with Crippen LogP contribution in [0.25, 0.3) is 0 Å². The average molecular weight is 250 g/mol. The molecule has 6 heteroatoms. The molecule has 0 atom stereocenters. The molecular weight excluding hydrogens is 232 g/mol. The lowest BCUT2D eigenvalue weighted by atomic mass is 9.92. The van der Waals surface area contributed by atoms with Crippen molar-refractivity contribution in [3.8, 4) is 0 Å². The van der Waals surface area contributed by atoms with Gasteiger partial charge in [-0.3, -0.25) is 9.59 Å². The first-order valence-electron chi connectivity index (χ1n) is 5.59. The Morgan fingerprint density at radius 3 is 2.67 bits per heavy atom. The summed E-state index contributed by atoms with van der Waals surface area (Å²) in [6.45, 7) is 3.76. The summed E-state index contributed by atoms with van der Waals surface area (Å²) in [6, 6.07) is 3.06. The van der Waals surface area contributed by atoms with Gasteiger partial charge in [-0.25, -0.2) is 4.98 Å². The number of anilines is 1. The predicted molar refractivity (Wildman–Crippen MR) is 68.8 cm³/mol. The molecular formula is C12H18N4O2. The maximum absolute atomic E-state index is 11.8. The fraction of sp³-hybridized carbons (Fsp3) is 0.417. The standard InChI is InChI=1S/C12H18N4O2/c1-12(2,11(18)14-3)7-16-10(17)8-4-5-15-9(13)6-8/h4-6H,7H2,1-3H3,(H2,13,15)(H,14,18)(H,16,17). The minimum atomic E-state index is -0.664. The number of nitrogens with two attached hydrogens (primary N) is 1. The van der Waals surface area contributed by atoms with Crippen molar-refractivity contribution < 1.29 is 9.59 Å². The van der Waals surface area contributed by atoms with Crippen LogP contribution in [0, 0.1) is 5.41 Å². The lowest BCUT2D eigenvalue weighted by Gasteiger charge is -2.22. The lowest BCUT2D eigenvalue weighted by molar-refractivity contribution is -0.128. The van der Waals surface area contributed by atoms with E-state index in [9.17, 15) is 9.59 Å². The van der Waals surface area contributed by atoms with E-state index in [1.807, 2.05) is 0 Å². The van der Waals surface area contributed by atoms with Crippen molar-refractivity contribution in [2.45, 2.75) is 13.8 Å². The molecule has 0 fully saturated rings. The maximum atomic E-state index is 11.8. The summed E-state index contributed by atoms with van der Waals surface area (Å²) in [7, 11) is 1.56. The van der Waals surface area contributed by atoms with Gasteiger partial charge in [0.15, 0.2) is 0 Å². The first-order valence-corrected chi connectivity index (χ1v) is 5.59. The topological polar surface area (TPSA) is 97.1 Å². The highest BCUT2D eigenvalue weighted by Gasteiger charge is 2.27. The van der Waals surface area contributed by atoms with Crippen molar-refractivity contribution in [1.29, 1.82) is 0 Å². The molecule has 1 rings (SSSR count). The molecule has 18 heavy (non-hydrogen) atoms. The van der Waals surface area contributed by atoms with E-state index < -0.39 is 5.41 Å². The van der Waals surface area contributed by atoms with Gasteiger partial charge in [-0.1, -0.05) is 0 Å². The molecule has 0 unspecified atom stereocenters. The van der Waals surface area contributed by atoms with Crippen molar-refractivity contribution in [2.24, 2.45) is 5.41 Å². The molecule has 4 N–H and O–H groups in total. The third-order valence-electron chi connectivity index (χ3n) is 2.58. The zero-order valence-corrected chi connectivity index (χ0v) is 10.8. The SMILES string of the molecule is CNC(=O)C(C)(C)CNC(=O)c1ccnc(N)c1. The van der Waals surface area contributed by atoms with Crippen molar-refractivity contribution >= 4 is 17.6 Å². The summed E-state index contributed by atoms with van der Waals surface area (Å²) in [6.07, 6.45) is 1.47. The second-order valence-electron chi connectivity index (χ2n) is 4.62. The number of carbonyl (C=O) groups is 2. The van der Waals surface area contributed by atoms with Gasteiger partial charge in [-0.05, 0) is 26.0 Å². The fourth-order valence-corrected chi connectivity index (χ4v) is 1.41. The van der Waals surface area contributed by atoms with Crippen LogP contribution in [0.4, 0.5) is 5.82 Å². The highest BCUT2D eigenvalue weighted by Crippen LogP contribution is 2.13. The van der Waals surface area contributed by atoms with E-state index in [1.54, 1.807) is 27.0 Å². The number of hydrogen-bond donors (Lipinski definition) is 3. The van der Waals surface area contributed by atoms with Crippen LogP contribution in [0.3, 0.4) is 0 Å². The van der Waals surface area contributed by atoms with Crippen LogP contribution in [-0.4, -0.2) is 30.4 Å². The number of nitrogens with zero attached hydrogens (tertiary/aromatic N) is 1. The Hall–Kier alpha value is -2.11. The third kappa shape index (κ3) is 3.44. The van der Waals surface area contributed by atoms with Crippen molar-refractivity contribution in [1.82, 2.24) is 15.6 Å². The van der Waals surface area contributed by atoms with E-state index >= 15 is 0 Å². The molecule has 6 nitrogen and oxygen atoms in total. The van der Waals surface area contributed by atoms with Crippen molar-refractivity contribution in [2.75, 3.05) is 19.3 Å². The molecule has 1 aromatic heterocycles. The number of nitrogen functional groups attached to an aromatic ring is 1. The minimum Gasteiger partial charge on any atom is -0.384 e. The Morgan fingerprint density at radius 2 is 2.11 bits per heavy atom. The summed E-state index contributed by atoms with van der Waals surface area (Å²) in [5.74, 6) is -0.119. The van der Waals surface area contributed by atoms with E-state index in [0.717, 1.165) is 0 Å². The molecule has 0 aliphatic rings. The Kier molecular flexibility index (Phi) is 4.25. The van der Waals surface area contributed by atoms with E-state index in [-0.39, 0.29) is 24.2 Å². The highest BCUT2D eigenvalue weighted by molar-refractivity contribution is 5.95. The quantitative estimate of drug-likeness (QED) is 0.709. The number of hydrogen-bond acceptors (Lipinski definition) is 4. The van der Waals surface area contributed by atoms with Gasteiger partial charge in [0.2, 0.25) is 5.91 Å². The molecule has 0 saturated heterocycles. The van der Waals surface area contributed by atoms with Crippen molar-refractivity contribution in [3.05, 3.63) is 23.9 Å². The van der Waals surface area contributed by atoms with Crippen LogP contribution in [0.15, 0.2) is 18.3 Å². The number of aromatic nitrogens is 1. The number of carbonyl (C=O) groups excluding carboxylic acids is 2. The minimum absolute atomic E-state index is 0.128. The predicted octanol–water partition coefficient (Wildman–Crippen LogP) is 0.166. The van der Waals surface area contributed by atoms with Gasteiger partial charge in [0.1, 0.15) is 5.82 Å². The Balaban J connectivity index is 2.64. The van der Waals surface area contributed by atoms with Crippen LogP contribution in [0.1, 0.15) is 24.2 Å². The lowest BCUT2D eigenvalue weighted by Crippen LogP contribution is -2.43. The fourth-order valence-electron chi connectivity index (χ4n) is 1.41. The summed E-state index contributed by atoms with van der Waals surface area (Å²) in [5, 5.41) is 5.26. The molecule has 1 aromatic rings. The van der Waals surface area contributed by atoms with E-state index in [0.29, 0.717) is 5.56 Å². The van der Waals surface area contributed by atoms with Gasteiger partial charge >= 0.3 is 0 Å². The van der Waals surface area contributed by atoms with Crippen LogP contribution >= 0.6 is 0 Å². The number of amides is 2. The first kappa shape index (κ1) is 14.0. The molecule has 0 bridgehead atoms. The monoisotopic (exact) mass is 250 g/mol. The van der Waals surface area contributed by atoms with Crippen LogP contribution in [0.5, 0.6) is 0 Å². The van der Waals surface area contributed by atoms with Gasteiger partial charge in [-0.15, -0.1) is 0 Å². The second-order valence-corrected chi connectivity index (χ2v) is 4.62. The van der Waals surface area contributed by atoms with Crippen LogP contribution in [-0.2, 0) is 4.79 Å². The van der Waals surface area contributed by atoms with Gasteiger partial charge in [-0.2, -0.15) is 0 Å². The zero-order valence-electron chi connectivity index (χ0n) is 10.8. The first-order chi connectivity index (χ1) is 8.36. The Labute approximate surface area is 106 Å². The third-order valence-corrected chi connectivity index (χ3v) is 2.58. The molecule has 0 saturated carbocycles. The van der Waals surface area contributed by atoms with Gasteiger partial charge in [0.05, 0.1) is 5.41 Å². The molecule has 0 aromatic carbocycles.